The number of anilines is 1. The van der Waals surface area contributed by atoms with Gasteiger partial charge in [0.1, 0.15) is 12.1 Å². The fourth-order valence-corrected chi connectivity index (χ4v) is 1.58. The molecule has 1 aliphatic rings. The van der Waals surface area contributed by atoms with Gasteiger partial charge >= 0.3 is 5.97 Å². The van der Waals surface area contributed by atoms with Crippen LogP contribution in [0.25, 0.3) is 0 Å². The Balaban J connectivity index is 0.00000112. The molecule has 5 nitrogen and oxygen atoms in total. The van der Waals surface area contributed by atoms with Gasteiger partial charge in [-0.1, -0.05) is 0 Å². The number of carboxylic acids is 1. The molecular formula is C9H12ClN3O2. The molecule has 1 saturated heterocycles. The van der Waals surface area contributed by atoms with Gasteiger partial charge in [0.05, 0.1) is 0 Å². The topological polar surface area (TPSA) is 66.3 Å². The molecule has 2 rings (SSSR count). The summed E-state index contributed by atoms with van der Waals surface area (Å²) in [5, 5.41) is 8.74. The number of carboxylic acid groups (broad SMARTS) is 1. The lowest BCUT2D eigenvalue weighted by molar-refractivity contribution is 0.0690. The van der Waals surface area contributed by atoms with Crippen LogP contribution in [-0.4, -0.2) is 34.1 Å². The number of halogens is 1. The summed E-state index contributed by atoms with van der Waals surface area (Å²) in [5.41, 5.74) is 0.0573. The normalized spacial score (nSPS) is 14.8. The molecule has 0 aromatic carbocycles. The van der Waals surface area contributed by atoms with E-state index in [9.17, 15) is 4.79 Å². The van der Waals surface area contributed by atoms with Crippen molar-refractivity contribution in [3.8, 4) is 0 Å². The highest BCUT2D eigenvalue weighted by Gasteiger charge is 2.15. The molecule has 0 bridgehead atoms. The van der Waals surface area contributed by atoms with Crippen molar-refractivity contribution in [2.24, 2.45) is 0 Å². The maximum Gasteiger partial charge on any atom is 0.354 e. The molecule has 0 unspecified atom stereocenters. The van der Waals surface area contributed by atoms with Crippen molar-refractivity contribution in [3.63, 3.8) is 0 Å². The predicted molar refractivity (Wildman–Crippen MR) is 57.7 cm³/mol. The average Bonchev–Trinajstić information content (AvgIpc) is 2.71. The number of hydrogen-bond acceptors (Lipinski definition) is 4. The largest absolute Gasteiger partial charge is 0.477 e. The van der Waals surface area contributed by atoms with Crippen molar-refractivity contribution >= 4 is 24.2 Å². The third-order valence-corrected chi connectivity index (χ3v) is 2.30. The summed E-state index contributed by atoms with van der Waals surface area (Å²) in [6.07, 6.45) is 3.59. The summed E-state index contributed by atoms with van der Waals surface area (Å²) in [7, 11) is 0. The van der Waals surface area contributed by atoms with Crippen molar-refractivity contribution in [2.75, 3.05) is 18.0 Å². The zero-order valence-electron chi connectivity index (χ0n) is 8.09. The molecule has 2 heterocycles. The molecule has 1 aromatic rings. The molecule has 1 aliphatic heterocycles. The zero-order chi connectivity index (χ0) is 9.97. The first kappa shape index (κ1) is 11.7. The number of nitrogens with zero attached hydrogens (tertiary/aromatic N) is 3. The SMILES string of the molecule is Cl.O=C(O)c1cc(N2CCCC2)ncn1. The van der Waals surface area contributed by atoms with Crippen molar-refractivity contribution in [1.82, 2.24) is 9.97 Å². The van der Waals surface area contributed by atoms with Crippen LogP contribution in [0.3, 0.4) is 0 Å². The lowest BCUT2D eigenvalue weighted by Crippen LogP contribution is -2.19. The number of aromatic carboxylic acids is 1. The maximum absolute atomic E-state index is 10.7. The number of aromatic nitrogens is 2. The van der Waals surface area contributed by atoms with Gasteiger partial charge in [0.2, 0.25) is 0 Å². The van der Waals surface area contributed by atoms with Gasteiger partial charge in [0, 0.05) is 19.2 Å². The van der Waals surface area contributed by atoms with E-state index >= 15 is 0 Å². The molecule has 82 valence electrons. The fourth-order valence-electron chi connectivity index (χ4n) is 1.58. The summed E-state index contributed by atoms with van der Waals surface area (Å²) >= 11 is 0. The molecule has 0 amide bonds. The Bertz CT molecular complexity index is 353. The van der Waals surface area contributed by atoms with E-state index in [1.165, 1.54) is 12.4 Å². The van der Waals surface area contributed by atoms with Gasteiger partial charge in [0.25, 0.3) is 0 Å². The van der Waals surface area contributed by atoms with E-state index in [-0.39, 0.29) is 18.1 Å². The molecule has 0 saturated carbocycles. The van der Waals surface area contributed by atoms with Crippen LogP contribution in [0.1, 0.15) is 23.3 Å². The van der Waals surface area contributed by atoms with Crippen molar-refractivity contribution in [2.45, 2.75) is 12.8 Å². The highest BCUT2D eigenvalue weighted by atomic mass is 35.5. The molecule has 1 aromatic heterocycles. The van der Waals surface area contributed by atoms with Crippen LogP contribution in [0.5, 0.6) is 0 Å². The molecule has 15 heavy (non-hydrogen) atoms. The van der Waals surface area contributed by atoms with Gasteiger partial charge in [-0.05, 0) is 12.8 Å². The van der Waals surface area contributed by atoms with Gasteiger partial charge in [-0.25, -0.2) is 14.8 Å². The van der Waals surface area contributed by atoms with Crippen LogP contribution in [-0.2, 0) is 0 Å². The molecule has 0 spiro atoms. The van der Waals surface area contributed by atoms with Crippen LogP contribution in [0, 0.1) is 0 Å². The third kappa shape index (κ3) is 2.56. The first-order chi connectivity index (χ1) is 6.77. The van der Waals surface area contributed by atoms with E-state index in [1.54, 1.807) is 0 Å². The Morgan fingerprint density at radius 1 is 1.33 bits per heavy atom. The van der Waals surface area contributed by atoms with E-state index in [4.69, 9.17) is 5.11 Å². The summed E-state index contributed by atoms with van der Waals surface area (Å²) in [6.45, 7) is 1.91. The highest BCUT2D eigenvalue weighted by molar-refractivity contribution is 5.86. The minimum Gasteiger partial charge on any atom is -0.477 e. The summed E-state index contributed by atoms with van der Waals surface area (Å²) in [5.74, 6) is -0.289. The van der Waals surface area contributed by atoms with Gasteiger partial charge < -0.3 is 10.0 Å². The molecule has 0 radical (unpaired) electrons. The van der Waals surface area contributed by atoms with E-state index < -0.39 is 5.97 Å². The van der Waals surface area contributed by atoms with Gasteiger partial charge in [0.15, 0.2) is 5.69 Å². The maximum atomic E-state index is 10.7. The number of rotatable bonds is 2. The zero-order valence-corrected chi connectivity index (χ0v) is 8.90. The fraction of sp³-hybridized carbons (Fsp3) is 0.444. The summed E-state index contributed by atoms with van der Waals surface area (Å²) in [6, 6.07) is 1.52. The molecule has 0 atom stereocenters. The Morgan fingerprint density at radius 3 is 2.60 bits per heavy atom. The average molecular weight is 230 g/mol. The van der Waals surface area contributed by atoms with Crippen LogP contribution < -0.4 is 4.90 Å². The predicted octanol–water partition coefficient (Wildman–Crippen LogP) is 1.20. The van der Waals surface area contributed by atoms with Crippen LogP contribution in [0.15, 0.2) is 12.4 Å². The monoisotopic (exact) mass is 229 g/mol. The molecule has 1 N–H and O–H groups in total. The van der Waals surface area contributed by atoms with Crippen LogP contribution in [0.4, 0.5) is 5.82 Å². The minimum atomic E-state index is -1.01. The Hall–Kier alpha value is -1.36. The first-order valence-corrected chi connectivity index (χ1v) is 4.57. The Kier molecular flexibility index (Phi) is 3.85. The number of hydrogen-bond donors (Lipinski definition) is 1. The molecule has 6 heteroatoms. The van der Waals surface area contributed by atoms with E-state index in [2.05, 4.69) is 14.9 Å². The minimum absolute atomic E-state index is 0. The quantitative estimate of drug-likeness (QED) is 0.826. The van der Waals surface area contributed by atoms with E-state index in [0.29, 0.717) is 0 Å². The lowest BCUT2D eigenvalue weighted by atomic mass is 10.4. The third-order valence-electron chi connectivity index (χ3n) is 2.30. The first-order valence-electron chi connectivity index (χ1n) is 4.57. The van der Waals surface area contributed by atoms with Crippen molar-refractivity contribution in [3.05, 3.63) is 18.1 Å². The van der Waals surface area contributed by atoms with Crippen LogP contribution >= 0.6 is 12.4 Å². The second-order valence-corrected chi connectivity index (χ2v) is 3.26. The highest BCUT2D eigenvalue weighted by Crippen LogP contribution is 2.17. The van der Waals surface area contributed by atoms with Gasteiger partial charge in [-0.2, -0.15) is 0 Å². The van der Waals surface area contributed by atoms with Gasteiger partial charge in [-0.15, -0.1) is 12.4 Å². The second-order valence-electron chi connectivity index (χ2n) is 3.26. The molecule has 0 aliphatic carbocycles. The van der Waals surface area contributed by atoms with E-state index in [0.717, 1.165) is 31.7 Å². The molecular weight excluding hydrogens is 218 g/mol. The smallest absolute Gasteiger partial charge is 0.354 e. The Morgan fingerprint density at radius 2 is 2.00 bits per heavy atom. The lowest BCUT2D eigenvalue weighted by Gasteiger charge is -2.15. The van der Waals surface area contributed by atoms with Crippen molar-refractivity contribution < 1.29 is 9.90 Å². The second kappa shape index (κ2) is 4.93. The van der Waals surface area contributed by atoms with Gasteiger partial charge in [-0.3, -0.25) is 0 Å². The molecule has 1 fully saturated rings. The van der Waals surface area contributed by atoms with E-state index in [1.807, 2.05) is 0 Å². The Labute approximate surface area is 93.6 Å². The van der Waals surface area contributed by atoms with Crippen LogP contribution in [0.2, 0.25) is 0 Å². The number of carbonyl (C=O) groups is 1. The summed E-state index contributed by atoms with van der Waals surface area (Å²) < 4.78 is 0. The standard InChI is InChI=1S/C9H11N3O2.ClH/c13-9(14)7-5-8(11-6-10-7)12-3-1-2-4-12;/h5-6H,1-4H2,(H,13,14);1H. The van der Waals surface area contributed by atoms with Crippen molar-refractivity contribution in [1.29, 1.82) is 0 Å². The summed E-state index contributed by atoms with van der Waals surface area (Å²) in [4.78, 5) is 20.5.